The number of likely N-dealkylation sites (tertiary alicyclic amines) is 1. The van der Waals surface area contributed by atoms with Crippen molar-refractivity contribution in [2.75, 3.05) is 12.3 Å². The normalized spacial score (nSPS) is 18.5. The Morgan fingerprint density at radius 3 is 2.85 bits per heavy atom. The number of nitrogens with two attached hydrogens (primary N) is 1. The monoisotopic (exact) mass is 368 g/mol. The van der Waals surface area contributed by atoms with E-state index in [0.29, 0.717) is 6.04 Å². The van der Waals surface area contributed by atoms with Crippen LogP contribution in [0.5, 0.6) is 0 Å². The van der Waals surface area contributed by atoms with Crippen LogP contribution in [-0.4, -0.2) is 26.9 Å². The molecule has 1 fully saturated rings. The number of anilines is 1. The number of fused-ring (bicyclic) bond motifs is 1. The number of nitrogen functional groups attached to an aromatic ring is 1. The Labute approximate surface area is 159 Å². The molecule has 4 nitrogen and oxygen atoms in total. The second-order valence-electron chi connectivity index (χ2n) is 7.38. The summed E-state index contributed by atoms with van der Waals surface area (Å²) in [5.41, 5.74) is 12.1. The number of halogens is 1. The van der Waals surface area contributed by atoms with E-state index in [1.807, 2.05) is 31.3 Å². The first kappa shape index (κ1) is 17.4. The number of benzene rings is 1. The zero-order valence-electron chi connectivity index (χ0n) is 15.4. The number of hydrogen-bond acceptors (Lipinski definition) is 3. The maximum atomic E-state index is 6.23. The van der Waals surface area contributed by atoms with Gasteiger partial charge in [-0.15, -0.1) is 0 Å². The summed E-state index contributed by atoms with van der Waals surface area (Å²) in [7, 11) is 0. The molecule has 136 valence electrons. The van der Waals surface area contributed by atoms with Crippen molar-refractivity contribution in [2.45, 2.75) is 45.7 Å². The average molecular weight is 369 g/mol. The van der Waals surface area contributed by atoms with Crippen LogP contribution in [0.25, 0.3) is 16.9 Å². The quantitative estimate of drug-likeness (QED) is 0.713. The van der Waals surface area contributed by atoms with Gasteiger partial charge < -0.3 is 10.1 Å². The molecular formula is C21H25ClN4. The number of nitrogens with zero attached hydrogens (tertiary/aromatic N) is 3. The molecule has 0 radical (unpaired) electrons. The summed E-state index contributed by atoms with van der Waals surface area (Å²) in [6.45, 7) is 6.37. The highest BCUT2D eigenvalue weighted by atomic mass is 35.5. The molecule has 1 aliphatic heterocycles. The average Bonchev–Trinajstić information content (AvgIpc) is 2.97. The molecular weight excluding hydrogens is 344 g/mol. The van der Waals surface area contributed by atoms with Gasteiger partial charge in [0, 0.05) is 35.1 Å². The van der Waals surface area contributed by atoms with Crippen LogP contribution >= 0.6 is 11.6 Å². The third-order valence-corrected chi connectivity index (χ3v) is 5.89. The molecule has 1 aliphatic rings. The maximum absolute atomic E-state index is 6.23. The van der Waals surface area contributed by atoms with Gasteiger partial charge in [0.15, 0.2) is 0 Å². The highest BCUT2D eigenvalue weighted by molar-refractivity contribution is 6.31. The number of aromatic nitrogens is 2. The van der Waals surface area contributed by atoms with E-state index in [1.165, 1.54) is 25.0 Å². The molecule has 0 bridgehead atoms. The van der Waals surface area contributed by atoms with E-state index >= 15 is 0 Å². The van der Waals surface area contributed by atoms with Gasteiger partial charge in [-0.3, -0.25) is 4.90 Å². The van der Waals surface area contributed by atoms with Crippen LogP contribution in [0.3, 0.4) is 0 Å². The summed E-state index contributed by atoms with van der Waals surface area (Å²) < 4.78 is 2.15. The van der Waals surface area contributed by atoms with Crippen molar-refractivity contribution >= 4 is 22.9 Å². The third kappa shape index (κ3) is 3.19. The van der Waals surface area contributed by atoms with E-state index < -0.39 is 0 Å². The lowest BCUT2D eigenvalue weighted by Crippen LogP contribution is -2.37. The molecule has 0 aliphatic carbocycles. The molecule has 3 heterocycles. The van der Waals surface area contributed by atoms with Gasteiger partial charge in [0.05, 0.1) is 11.4 Å². The largest absolute Gasteiger partial charge is 0.398 e. The fraction of sp³-hybridized carbons (Fsp3) is 0.381. The van der Waals surface area contributed by atoms with Gasteiger partial charge in [-0.25, -0.2) is 4.98 Å². The number of hydrogen-bond donors (Lipinski definition) is 1. The van der Waals surface area contributed by atoms with Crippen LogP contribution in [0.4, 0.5) is 5.69 Å². The second kappa shape index (κ2) is 6.93. The fourth-order valence-corrected chi connectivity index (χ4v) is 3.99. The predicted octanol–water partition coefficient (Wildman–Crippen LogP) is 4.92. The van der Waals surface area contributed by atoms with E-state index in [9.17, 15) is 0 Å². The first-order valence-electron chi connectivity index (χ1n) is 9.30. The van der Waals surface area contributed by atoms with Gasteiger partial charge in [0.1, 0.15) is 5.65 Å². The Bertz CT molecular complexity index is 947. The summed E-state index contributed by atoms with van der Waals surface area (Å²) in [5, 5.41) is 0.785. The summed E-state index contributed by atoms with van der Waals surface area (Å²) in [5.74, 6) is 0. The number of rotatable bonds is 3. The first-order chi connectivity index (χ1) is 12.5. The summed E-state index contributed by atoms with van der Waals surface area (Å²) in [6.07, 6.45) is 5.83. The van der Waals surface area contributed by atoms with Crippen molar-refractivity contribution in [1.29, 1.82) is 0 Å². The summed E-state index contributed by atoms with van der Waals surface area (Å²) >= 11 is 6.23. The molecule has 1 saturated heterocycles. The lowest BCUT2D eigenvalue weighted by atomic mass is 10.0. The SMILES string of the molecule is Cc1cc(-c2nc3ccc(N)cn3c2CN2CCCCC2C)ccc1Cl. The van der Waals surface area contributed by atoms with Crippen LogP contribution < -0.4 is 5.73 Å². The molecule has 0 saturated carbocycles. The molecule has 1 atom stereocenters. The van der Waals surface area contributed by atoms with Crippen LogP contribution in [0.15, 0.2) is 36.5 Å². The zero-order valence-corrected chi connectivity index (χ0v) is 16.1. The van der Waals surface area contributed by atoms with Gasteiger partial charge in [0.25, 0.3) is 0 Å². The van der Waals surface area contributed by atoms with Gasteiger partial charge in [-0.05, 0) is 63.1 Å². The lowest BCUT2D eigenvalue weighted by molar-refractivity contribution is 0.151. The van der Waals surface area contributed by atoms with Crippen LogP contribution in [0.2, 0.25) is 5.02 Å². The van der Waals surface area contributed by atoms with Crippen molar-refractivity contribution in [3.8, 4) is 11.3 Å². The smallest absolute Gasteiger partial charge is 0.137 e. The van der Waals surface area contributed by atoms with Gasteiger partial charge in [-0.1, -0.05) is 24.1 Å². The molecule has 3 aromatic rings. The molecule has 2 N–H and O–H groups in total. The highest BCUT2D eigenvalue weighted by Crippen LogP contribution is 2.30. The number of aryl methyl sites for hydroxylation is 1. The lowest BCUT2D eigenvalue weighted by Gasteiger charge is -2.33. The van der Waals surface area contributed by atoms with Crippen molar-refractivity contribution in [3.63, 3.8) is 0 Å². The Hall–Kier alpha value is -2.04. The minimum atomic E-state index is 0.593. The Balaban J connectivity index is 1.84. The van der Waals surface area contributed by atoms with Crippen LogP contribution in [0, 0.1) is 6.92 Å². The van der Waals surface area contributed by atoms with Crippen molar-refractivity contribution in [1.82, 2.24) is 14.3 Å². The van der Waals surface area contributed by atoms with Crippen molar-refractivity contribution in [3.05, 3.63) is 52.8 Å². The Kier molecular flexibility index (Phi) is 4.63. The van der Waals surface area contributed by atoms with E-state index in [2.05, 4.69) is 28.4 Å². The van der Waals surface area contributed by atoms with Crippen LogP contribution in [-0.2, 0) is 6.54 Å². The molecule has 1 unspecified atom stereocenters. The minimum absolute atomic E-state index is 0.593. The van der Waals surface area contributed by atoms with Gasteiger partial charge in [-0.2, -0.15) is 0 Å². The molecule has 26 heavy (non-hydrogen) atoms. The molecule has 0 spiro atoms. The zero-order chi connectivity index (χ0) is 18.3. The Morgan fingerprint density at radius 2 is 2.08 bits per heavy atom. The molecule has 0 amide bonds. The first-order valence-corrected chi connectivity index (χ1v) is 9.68. The van der Waals surface area contributed by atoms with Crippen molar-refractivity contribution < 1.29 is 0 Å². The van der Waals surface area contributed by atoms with E-state index in [1.54, 1.807) is 0 Å². The maximum Gasteiger partial charge on any atom is 0.137 e. The minimum Gasteiger partial charge on any atom is -0.398 e. The summed E-state index contributed by atoms with van der Waals surface area (Å²) in [4.78, 5) is 7.48. The fourth-order valence-electron chi connectivity index (χ4n) is 3.87. The van der Waals surface area contributed by atoms with E-state index in [0.717, 1.165) is 46.3 Å². The predicted molar refractivity (Wildman–Crippen MR) is 109 cm³/mol. The van der Waals surface area contributed by atoms with Crippen LogP contribution in [0.1, 0.15) is 37.4 Å². The highest BCUT2D eigenvalue weighted by Gasteiger charge is 2.23. The summed E-state index contributed by atoms with van der Waals surface area (Å²) in [6, 6.07) is 10.6. The standard InChI is InChI=1S/C21H25ClN4/c1-14-11-16(6-8-18(14)22)21-19(13-25-10-4-3-5-15(25)2)26-12-17(23)7-9-20(26)24-21/h6-9,11-12,15H,3-5,10,13,23H2,1-2H3. The van der Waals surface area contributed by atoms with Gasteiger partial charge >= 0.3 is 0 Å². The van der Waals surface area contributed by atoms with Gasteiger partial charge in [0.2, 0.25) is 0 Å². The number of pyridine rings is 1. The topological polar surface area (TPSA) is 46.6 Å². The Morgan fingerprint density at radius 1 is 1.23 bits per heavy atom. The molecule has 1 aromatic carbocycles. The molecule has 4 rings (SSSR count). The van der Waals surface area contributed by atoms with E-state index in [-0.39, 0.29) is 0 Å². The second-order valence-corrected chi connectivity index (χ2v) is 7.78. The molecule has 5 heteroatoms. The molecule has 2 aromatic heterocycles. The van der Waals surface area contributed by atoms with Crippen molar-refractivity contribution in [2.24, 2.45) is 0 Å². The van der Waals surface area contributed by atoms with E-state index in [4.69, 9.17) is 22.3 Å². The number of imidazole rings is 1. The number of piperidine rings is 1. The third-order valence-electron chi connectivity index (χ3n) is 5.47.